The second-order valence-corrected chi connectivity index (χ2v) is 8.56. The number of aryl methyl sites for hydroxylation is 2. The minimum Gasteiger partial charge on any atom is -0.546 e. The molecule has 1 heterocycles. The van der Waals surface area contributed by atoms with Crippen molar-refractivity contribution in [3.05, 3.63) is 94.4 Å². The molecule has 6 nitrogen and oxygen atoms in total. The molecule has 1 aliphatic rings. The van der Waals surface area contributed by atoms with Crippen LogP contribution >= 0.6 is 11.8 Å². The van der Waals surface area contributed by atoms with Gasteiger partial charge in [-0.3, -0.25) is 9.69 Å². The van der Waals surface area contributed by atoms with E-state index in [1.165, 1.54) is 11.8 Å². The van der Waals surface area contributed by atoms with E-state index in [0.29, 0.717) is 15.8 Å². The molecule has 0 spiro atoms. The van der Waals surface area contributed by atoms with Gasteiger partial charge < -0.3 is 14.6 Å². The van der Waals surface area contributed by atoms with E-state index < -0.39 is 12.6 Å². The number of amidine groups is 1. The van der Waals surface area contributed by atoms with Gasteiger partial charge in [-0.25, -0.2) is 4.99 Å². The van der Waals surface area contributed by atoms with E-state index in [1.807, 2.05) is 62.4 Å². The summed E-state index contributed by atoms with van der Waals surface area (Å²) >= 11 is 1.31. The Morgan fingerprint density at radius 1 is 1.03 bits per heavy atom. The summed E-state index contributed by atoms with van der Waals surface area (Å²) in [6.07, 6.45) is 1.79. The number of carboxylic acid groups (broad SMARTS) is 1. The van der Waals surface area contributed by atoms with E-state index in [0.717, 1.165) is 28.1 Å². The zero-order valence-corrected chi connectivity index (χ0v) is 19.0. The van der Waals surface area contributed by atoms with Crippen LogP contribution in [0.25, 0.3) is 6.08 Å². The number of amides is 1. The molecule has 7 heteroatoms. The fraction of sp³-hybridized carbons (Fsp3) is 0.115. The number of anilines is 1. The zero-order chi connectivity index (χ0) is 23.4. The summed E-state index contributed by atoms with van der Waals surface area (Å²) in [5, 5.41) is 11.1. The maximum absolute atomic E-state index is 13.4. The minimum atomic E-state index is -1.29. The number of thioether (sulfide) groups is 1. The van der Waals surface area contributed by atoms with Gasteiger partial charge in [0.1, 0.15) is 12.4 Å². The van der Waals surface area contributed by atoms with Gasteiger partial charge in [0.15, 0.2) is 5.17 Å². The van der Waals surface area contributed by atoms with Crippen molar-refractivity contribution in [1.82, 2.24) is 0 Å². The lowest BCUT2D eigenvalue weighted by molar-refractivity contribution is -0.307. The van der Waals surface area contributed by atoms with E-state index in [1.54, 1.807) is 35.2 Å². The third-order valence-electron chi connectivity index (χ3n) is 4.83. The predicted molar refractivity (Wildman–Crippen MR) is 129 cm³/mol. The highest BCUT2D eigenvalue weighted by atomic mass is 32.2. The Hall–Kier alpha value is -3.84. The van der Waals surface area contributed by atoms with Gasteiger partial charge in [-0.05, 0) is 84.8 Å². The number of nitrogens with zero attached hydrogens (tertiary/aromatic N) is 2. The van der Waals surface area contributed by atoms with Crippen molar-refractivity contribution in [3.63, 3.8) is 0 Å². The second kappa shape index (κ2) is 9.75. The first kappa shape index (κ1) is 22.4. The summed E-state index contributed by atoms with van der Waals surface area (Å²) in [6, 6.07) is 22.4. The quantitative estimate of drug-likeness (QED) is 0.517. The van der Waals surface area contributed by atoms with Gasteiger partial charge in [0.05, 0.1) is 22.2 Å². The van der Waals surface area contributed by atoms with E-state index in [-0.39, 0.29) is 5.91 Å². The van der Waals surface area contributed by atoms with Crippen molar-refractivity contribution in [2.24, 2.45) is 4.99 Å². The summed E-state index contributed by atoms with van der Waals surface area (Å²) in [6.45, 7) is 3.47. The van der Waals surface area contributed by atoms with E-state index in [9.17, 15) is 14.7 Å². The van der Waals surface area contributed by atoms with Gasteiger partial charge >= 0.3 is 0 Å². The van der Waals surface area contributed by atoms with Crippen molar-refractivity contribution in [1.29, 1.82) is 0 Å². The van der Waals surface area contributed by atoms with Crippen molar-refractivity contribution >= 4 is 46.3 Å². The molecule has 1 aliphatic heterocycles. The van der Waals surface area contributed by atoms with E-state index in [2.05, 4.69) is 0 Å². The SMILES string of the molecule is Cc1cccc(N=C2S/C(=C\c3ccc(OCC(=O)[O-])cc3)C(=O)N2c2cccc(C)c2)c1. The molecule has 0 bridgehead atoms. The number of carboxylic acids is 1. The third kappa shape index (κ3) is 5.51. The molecule has 1 amide bonds. The first-order valence-electron chi connectivity index (χ1n) is 10.3. The smallest absolute Gasteiger partial charge is 0.271 e. The molecule has 3 aromatic carbocycles. The number of aliphatic imine (C=N–C) groups is 1. The van der Waals surface area contributed by atoms with Crippen LogP contribution < -0.4 is 14.7 Å². The van der Waals surface area contributed by atoms with Crippen LogP contribution in [-0.4, -0.2) is 23.7 Å². The van der Waals surface area contributed by atoms with Gasteiger partial charge in [0.25, 0.3) is 5.91 Å². The zero-order valence-electron chi connectivity index (χ0n) is 18.1. The van der Waals surface area contributed by atoms with Crippen LogP contribution in [0.3, 0.4) is 0 Å². The molecule has 33 heavy (non-hydrogen) atoms. The Labute approximate surface area is 196 Å². The molecule has 0 saturated carbocycles. The normalized spacial score (nSPS) is 15.9. The molecule has 0 atom stereocenters. The van der Waals surface area contributed by atoms with Crippen LogP contribution in [0.15, 0.2) is 82.7 Å². The van der Waals surface area contributed by atoms with Gasteiger partial charge in [-0.1, -0.05) is 36.4 Å². The number of hydrogen-bond acceptors (Lipinski definition) is 6. The average Bonchev–Trinajstić information content (AvgIpc) is 3.07. The fourth-order valence-electron chi connectivity index (χ4n) is 3.31. The summed E-state index contributed by atoms with van der Waals surface area (Å²) in [4.78, 5) is 30.9. The van der Waals surface area contributed by atoms with Gasteiger partial charge in [-0.2, -0.15) is 0 Å². The Morgan fingerprint density at radius 3 is 2.39 bits per heavy atom. The Morgan fingerprint density at radius 2 is 1.73 bits per heavy atom. The molecule has 0 aliphatic carbocycles. The van der Waals surface area contributed by atoms with E-state index >= 15 is 0 Å². The highest BCUT2D eigenvalue weighted by Crippen LogP contribution is 2.37. The average molecular weight is 458 g/mol. The molecule has 0 radical (unpaired) electrons. The van der Waals surface area contributed by atoms with Crippen molar-refractivity contribution in [3.8, 4) is 5.75 Å². The lowest BCUT2D eigenvalue weighted by Gasteiger charge is -2.16. The highest BCUT2D eigenvalue weighted by Gasteiger charge is 2.34. The van der Waals surface area contributed by atoms with Crippen LogP contribution in [0.4, 0.5) is 11.4 Å². The van der Waals surface area contributed by atoms with Crippen LogP contribution in [0.1, 0.15) is 16.7 Å². The summed E-state index contributed by atoms with van der Waals surface area (Å²) in [7, 11) is 0. The number of hydrogen-bond donors (Lipinski definition) is 0. The minimum absolute atomic E-state index is 0.158. The second-order valence-electron chi connectivity index (χ2n) is 7.55. The van der Waals surface area contributed by atoms with Crippen molar-refractivity contribution in [2.45, 2.75) is 13.8 Å². The summed E-state index contributed by atoms with van der Waals surface area (Å²) in [5.74, 6) is -1.03. The number of carbonyl (C=O) groups is 2. The standard InChI is InChI=1S/C26H22N2O4S/c1-17-5-3-7-20(13-17)27-26-28(21-8-4-6-18(2)14-21)25(31)23(33-26)15-19-9-11-22(12-10-19)32-16-24(29)30/h3-15H,16H2,1-2H3,(H,29,30)/p-1/b23-15-,27-26?. The molecular weight excluding hydrogens is 436 g/mol. The Kier molecular flexibility index (Phi) is 6.60. The van der Waals surface area contributed by atoms with Crippen LogP contribution in [-0.2, 0) is 9.59 Å². The van der Waals surface area contributed by atoms with E-state index in [4.69, 9.17) is 9.73 Å². The maximum atomic E-state index is 13.4. The first-order valence-corrected chi connectivity index (χ1v) is 11.1. The lowest BCUT2D eigenvalue weighted by Crippen LogP contribution is -2.28. The topological polar surface area (TPSA) is 82.0 Å². The highest BCUT2D eigenvalue weighted by molar-refractivity contribution is 8.19. The van der Waals surface area contributed by atoms with Gasteiger partial charge in [0, 0.05) is 0 Å². The lowest BCUT2D eigenvalue weighted by atomic mass is 10.2. The third-order valence-corrected chi connectivity index (χ3v) is 5.80. The molecule has 0 N–H and O–H groups in total. The molecule has 3 aromatic rings. The van der Waals surface area contributed by atoms with Gasteiger partial charge in [0.2, 0.25) is 0 Å². The molecule has 0 aromatic heterocycles. The largest absolute Gasteiger partial charge is 0.546 e. The molecule has 4 rings (SSSR count). The number of rotatable bonds is 6. The number of benzene rings is 3. The predicted octanol–water partition coefficient (Wildman–Crippen LogP) is 4.24. The van der Waals surface area contributed by atoms with Gasteiger partial charge in [-0.15, -0.1) is 0 Å². The fourth-order valence-corrected chi connectivity index (χ4v) is 4.31. The van der Waals surface area contributed by atoms with Crippen LogP contribution in [0, 0.1) is 13.8 Å². The number of aliphatic carboxylic acids is 1. The Bertz CT molecular complexity index is 1270. The monoisotopic (exact) mass is 457 g/mol. The molecular formula is C26H21N2O4S-. The first-order chi connectivity index (χ1) is 15.9. The summed E-state index contributed by atoms with van der Waals surface area (Å²) in [5.41, 5.74) is 4.45. The molecule has 0 unspecified atom stereocenters. The van der Waals surface area contributed by atoms with Crippen LogP contribution in [0.5, 0.6) is 5.75 Å². The summed E-state index contributed by atoms with van der Waals surface area (Å²) < 4.78 is 5.11. The molecule has 166 valence electrons. The maximum Gasteiger partial charge on any atom is 0.271 e. The molecule has 1 saturated heterocycles. The molecule has 1 fully saturated rings. The number of carbonyl (C=O) groups excluding carboxylic acids is 2. The van der Waals surface area contributed by atoms with Crippen molar-refractivity contribution in [2.75, 3.05) is 11.5 Å². The number of ether oxygens (including phenoxy) is 1. The van der Waals surface area contributed by atoms with Crippen LogP contribution in [0.2, 0.25) is 0 Å². The van der Waals surface area contributed by atoms with Crippen molar-refractivity contribution < 1.29 is 19.4 Å². The Balaban J connectivity index is 1.67.